The zero-order valence-electron chi connectivity index (χ0n) is 13.4. The average Bonchev–Trinajstić information content (AvgIpc) is 3.20. The van der Waals surface area contributed by atoms with Crippen LogP contribution in [-0.2, 0) is 9.53 Å². The van der Waals surface area contributed by atoms with Crippen LogP contribution in [0.25, 0.3) is 0 Å². The zero-order chi connectivity index (χ0) is 15.5. The fourth-order valence-corrected chi connectivity index (χ4v) is 3.13. The number of halogens is 3. The third-order valence-corrected chi connectivity index (χ3v) is 4.35. The van der Waals surface area contributed by atoms with Crippen LogP contribution in [0.1, 0.15) is 25.7 Å². The van der Waals surface area contributed by atoms with E-state index in [4.69, 9.17) is 10.5 Å². The lowest BCUT2D eigenvalue weighted by Gasteiger charge is -2.22. The van der Waals surface area contributed by atoms with Crippen molar-refractivity contribution in [1.82, 2.24) is 0 Å². The maximum absolute atomic E-state index is 14.2. The number of carbonyl (C=O) groups excluding carboxylic acids is 1. The molecule has 0 bridgehead atoms. The largest absolute Gasteiger partial charge is 0.370 e. The molecular weight excluding hydrogens is 356 g/mol. The summed E-state index contributed by atoms with van der Waals surface area (Å²) >= 11 is 0. The monoisotopic (exact) mass is 379 g/mol. The molecule has 8 heteroatoms. The van der Waals surface area contributed by atoms with Crippen molar-refractivity contribution in [2.24, 2.45) is 5.73 Å². The van der Waals surface area contributed by atoms with Gasteiger partial charge in [-0.15, -0.1) is 24.8 Å². The third kappa shape index (κ3) is 4.51. The first-order chi connectivity index (χ1) is 10.7. The number of hydrogen-bond donors (Lipinski definition) is 2. The maximum Gasteiger partial charge on any atom is 0.253 e. The van der Waals surface area contributed by atoms with Crippen molar-refractivity contribution < 1.29 is 13.9 Å². The fourth-order valence-electron chi connectivity index (χ4n) is 3.13. The van der Waals surface area contributed by atoms with E-state index in [1.165, 1.54) is 6.07 Å². The van der Waals surface area contributed by atoms with Crippen molar-refractivity contribution >= 4 is 42.1 Å². The van der Waals surface area contributed by atoms with Crippen LogP contribution in [0, 0.1) is 5.82 Å². The van der Waals surface area contributed by atoms with Gasteiger partial charge in [-0.05, 0) is 37.8 Å². The van der Waals surface area contributed by atoms with Crippen molar-refractivity contribution in [3.05, 3.63) is 24.0 Å². The minimum atomic E-state index is -0.542. The highest BCUT2D eigenvalue weighted by Crippen LogP contribution is 2.32. The molecule has 1 amide bonds. The number of benzene rings is 1. The molecule has 24 heavy (non-hydrogen) atoms. The van der Waals surface area contributed by atoms with Crippen LogP contribution in [-0.4, -0.2) is 37.7 Å². The predicted molar refractivity (Wildman–Crippen MR) is 97.9 cm³/mol. The van der Waals surface area contributed by atoms with Crippen molar-refractivity contribution in [2.75, 3.05) is 29.9 Å². The minimum absolute atomic E-state index is 0. The first kappa shape index (κ1) is 21.0. The van der Waals surface area contributed by atoms with Gasteiger partial charge in [-0.1, -0.05) is 6.07 Å². The highest BCUT2D eigenvalue weighted by molar-refractivity contribution is 5.97. The predicted octanol–water partition coefficient (Wildman–Crippen LogP) is 2.71. The second-order valence-electron chi connectivity index (χ2n) is 5.88. The Bertz CT molecular complexity index is 556. The average molecular weight is 380 g/mol. The van der Waals surface area contributed by atoms with Crippen LogP contribution in [0.5, 0.6) is 0 Å². The van der Waals surface area contributed by atoms with E-state index in [2.05, 4.69) is 10.2 Å². The molecule has 3 N–H and O–H groups in total. The SMILES string of the molecule is Cl.Cl.NC[C@H]1CC[C@@H](C(=O)Nc2c(F)cccc2N2CCCC2)O1. The summed E-state index contributed by atoms with van der Waals surface area (Å²) in [5.41, 5.74) is 6.56. The molecule has 2 aliphatic rings. The number of amides is 1. The molecule has 2 saturated heterocycles. The first-order valence-electron chi connectivity index (χ1n) is 7.89. The number of nitrogens with one attached hydrogen (secondary N) is 1. The van der Waals surface area contributed by atoms with Gasteiger partial charge in [-0.3, -0.25) is 4.79 Å². The number of hydrogen-bond acceptors (Lipinski definition) is 4. The number of carbonyl (C=O) groups is 1. The summed E-state index contributed by atoms with van der Waals surface area (Å²) in [6, 6.07) is 4.89. The van der Waals surface area contributed by atoms with Gasteiger partial charge in [-0.2, -0.15) is 0 Å². The Morgan fingerprint density at radius 1 is 1.29 bits per heavy atom. The lowest BCUT2D eigenvalue weighted by Crippen LogP contribution is -2.31. The van der Waals surface area contributed by atoms with Gasteiger partial charge >= 0.3 is 0 Å². The summed E-state index contributed by atoms with van der Waals surface area (Å²) in [5.74, 6) is -0.701. The van der Waals surface area contributed by atoms with E-state index in [9.17, 15) is 9.18 Å². The van der Waals surface area contributed by atoms with Crippen molar-refractivity contribution in [3.8, 4) is 0 Å². The first-order valence-corrected chi connectivity index (χ1v) is 7.89. The van der Waals surface area contributed by atoms with Crippen LogP contribution in [0.2, 0.25) is 0 Å². The molecule has 2 heterocycles. The van der Waals surface area contributed by atoms with E-state index < -0.39 is 11.9 Å². The Labute approximate surface area is 153 Å². The zero-order valence-corrected chi connectivity index (χ0v) is 15.0. The summed E-state index contributed by atoms with van der Waals surface area (Å²) in [7, 11) is 0. The number of ether oxygens (including phenoxy) is 1. The molecule has 1 aromatic rings. The summed E-state index contributed by atoms with van der Waals surface area (Å²) in [6.45, 7) is 2.19. The molecule has 136 valence electrons. The molecule has 0 aliphatic carbocycles. The second-order valence-corrected chi connectivity index (χ2v) is 5.88. The van der Waals surface area contributed by atoms with Crippen LogP contribution in [0.15, 0.2) is 18.2 Å². The Kier molecular flexibility index (Phi) is 8.22. The van der Waals surface area contributed by atoms with E-state index in [1.54, 1.807) is 6.07 Å². The van der Waals surface area contributed by atoms with Gasteiger partial charge in [0.1, 0.15) is 17.6 Å². The summed E-state index contributed by atoms with van der Waals surface area (Å²) in [6.07, 6.45) is 2.96. The van der Waals surface area contributed by atoms with Crippen molar-refractivity contribution in [1.29, 1.82) is 0 Å². The topological polar surface area (TPSA) is 67.6 Å². The molecule has 0 spiro atoms. The molecule has 2 aliphatic heterocycles. The quantitative estimate of drug-likeness (QED) is 0.843. The molecule has 0 aromatic heterocycles. The van der Waals surface area contributed by atoms with Gasteiger partial charge in [0, 0.05) is 19.6 Å². The molecular formula is C16H24Cl2FN3O2. The summed E-state index contributed by atoms with van der Waals surface area (Å²) in [5, 5.41) is 2.72. The Morgan fingerprint density at radius 3 is 2.62 bits per heavy atom. The van der Waals surface area contributed by atoms with E-state index in [-0.39, 0.29) is 42.5 Å². The van der Waals surface area contributed by atoms with Gasteiger partial charge in [0.25, 0.3) is 5.91 Å². The van der Waals surface area contributed by atoms with E-state index >= 15 is 0 Å². The number of rotatable bonds is 4. The van der Waals surface area contributed by atoms with Gasteiger partial charge in [0.05, 0.1) is 11.8 Å². The molecule has 0 unspecified atom stereocenters. The minimum Gasteiger partial charge on any atom is -0.370 e. The Morgan fingerprint density at radius 2 is 2.00 bits per heavy atom. The standard InChI is InChI=1S/C16H22FN3O2.2ClH/c17-12-4-3-5-13(20-8-1-2-9-20)15(12)19-16(21)14-7-6-11(10-18)22-14;;/h3-5,11,14H,1-2,6-10,18H2,(H,19,21);2*1H/t11-,14+;;/m1../s1. The van der Waals surface area contributed by atoms with Gasteiger partial charge < -0.3 is 20.7 Å². The number of nitrogens with two attached hydrogens (primary N) is 1. The molecule has 2 atom stereocenters. The summed E-state index contributed by atoms with van der Waals surface area (Å²) < 4.78 is 19.8. The van der Waals surface area contributed by atoms with Crippen molar-refractivity contribution in [2.45, 2.75) is 37.9 Å². The van der Waals surface area contributed by atoms with Gasteiger partial charge in [-0.25, -0.2) is 4.39 Å². The molecule has 3 rings (SSSR count). The summed E-state index contributed by atoms with van der Waals surface area (Å²) in [4.78, 5) is 14.4. The van der Waals surface area contributed by atoms with E-state index in [0.29, 0.717) is 13.0 Å². The maximum atomic E-state index is 14.2. The Balaban J connectivity index is 0.00000144. The molecule has 0 radical (unpaired) electrons. The van der Waals surface area contributed by atoms with Gasteiger partial charge in [0.15, 0.2) is 0 Å². The third-order valence-electron chi connectivity index (χ3n) is 4.35. The van der Waals surface area contributed by atoms with Crippen molar-refractivity contribution in [3.63, 3.8) is 0 Å². The van der Waals surface area contributed by atoms with Crippen LogP contribution in [0.3, 0.4) is 0 Å². The number of anilines is 2. The highest BCUT2D eigenvalue weighted by atomic mass is 35.5. The molecule has 0 saturated carbocycles. The molecule has 2 fully saturated rings. The van der Waals surface area contributed by atoms with Crippen LogP contribution in [0.4, 0.5) is 15.8 Å². The second kappa shape index (κ2) is 9.42. The Hall–Kier alpha value is -1.08. The smallest absolute Gasteiger partial charge is 0.253 e. The van der Waals surface area contributed by atoms with Crippen LogP contribution >= 0.6 is 24.8 Å². The fraction of sp³-hybridized carbons (Fsp3) is 0.562. The number of nitrogens with zero attached hydrogens (tertiary/aromatic N) is 1. The molecule has 5 nitrogen and oxygen atoms in total. The highest BCUT2D eigenvalue weighted by Gasteiger charge is 2.31. The lowest BCUT2D eigenvalue weighted by atomic mass is 10.1. The van der Waals surface area contributed by atoms with E-state index in [1.807, 2.05) is 6.07 Å². The van der Waals surface area contributed by atoms with Crippen LogP contribution < -0.4 is 16.0 Å². The lowest BCUT2D eigenvalue weighted by molar-refractivity contribution is -0.126. The molecule has 1 aromatic carbocycles. The normalized spacial score (nSPS) is 22.7. The van der Waals surface area contributed by atoms with Gasteiger partial charge in [0.2, 0.25) is 0 Å². The van der Waals surface area contributed by atoms with E-state index in [0.717, 1.165) is 38.0 Å². The number of para-hydroxylation sites is 1.